The van der Waals surface area contributed by atoms with Crippen LogP contribution in [-0.4, -0.2) is 18.9 Å². The van der Waals surface area contributed by atoms with Crippen molar-refractivity contribution in [2.24, 2.45) is 0 Å². The lowest BCUT2D eigenvalue weighted by Crippen LogP contribution is -2.32. The summed E-state index contributed by atoms with van der Waals surface area (Å²) in [5, 5.41) is 3.79. The Morgan fingerprint density at radius 3 is 2.22 bits per heavy atom. The molecule has 0 aromatic heterocycles. The molecule has 4 rings (SSSR count). The predicted molar refractivity (Wildman–Crippen MR) is 128 cm³/mol. The van der Waals surface area contributed by atoms with Gasteiger partial charge in [-0.2, -0.15) is 0 Å². The summed E-state index contributed by atoms with van der Waals surface area (Å²) in [6, 6.07) is 19.9. The number of aryl methyl sites for hydroxylation is 2. The minimum atomic E-state index is -0.403. The number of nitrogens with zero attached hydrogens (tertiary/aromatic N) is 1. The molecule has 0 saturated heterocycles. The first-order valence-electron chi connectivity index (χ1n) is 10.3. The Morgan fingerprint density at radius 1 is 0.938 bits per heavy atom. The van der Waals surface area contributed by atoms with Crippen molar-refractivity contribution in [2.75, 3.05) is 17.3 Å². The number of carbonyl (C=O) groups is 2. The summed E-state index contributed by atoms with van der Waals surface area (Å²) in [6.07, 6.45) is 0.875. The molecule has 0 atom stereocenters. The van der Waals surface area contributed by atoms with Gasteiger partial charge < -0.3 is 10.1 Å². The quantitative estimate of drug-likeness (QED) is 0.499. The van der Waals surface area contributed by atoms with Gasteiger partial charge in [-0.3, -0.25) is 9.59 Å². The molecule has 3 aromatic carbocycles. The maximum absolute atomic E-state index is 13.5. The molecule has 1 N–H and O–H groups in total. The number of nitrogens with one attached hydrogen (secondary N) is 1. The SMILES string of the molecule is CCc1ccc(N2C(=O)C(Nc3ccc(Cl)cc3C)=C(c3ccc(OC)cc3)C2=O)cc1. The van der Waals surface area contributed by atoms with Crippen LogP contribution in [0.5, 0.6) is 5.75 Å². The zero-order chi connectivity index (χ0) is 22.8. The van der Waals surface area contributed by atoms with E-state index in [1.54, 1.807) is 61.7 Å². The number of carbonyl (C=O) groups excluding carboxylic acids is 2. The highest BCUT2D eigenvalue weighted by Crippen LogP contribution is 2.35. The number of benzene rings is 3. The second-order valence-corrected chi connectivity index (χ2v) is 7.96. The standard InChI is InChI=1S/C26H23ClN2O3/c1-4-17-5-10-20(11-6-17)29-25(30)23(18-7-12-21(32-3)13-8-18)24(26(29)31)28-22-14-9-19(27)15-16(22)2/h5-15,28H,4H2,1-3H3. The molecule has 5 nitrogen and oxygen atoms in total. The lowest BCUT2D eigenvalue weighted by Gasteiger charge is -2.16. The van der Waals surface area contributed by atoms with Crippen LogP contribution in [0.15, 0.2) is 72.4 Å². The number of hydrogen-bond acceptors (Lipinski definition) is 4. The molecule has 3 aromatic rings. The van der Waals surface area contributed by atoms with E-state index in [0.29, 0.717) is 33.3 Å². The minimum absolute atomic E-state index is 0.227. The van der Waals surface area contributed by atoms with E-state index >= 15 is 0 Å². The third kappa shape index (κ3) is 3.99. The van der Waals surface area contributed by atoms with E-state index in [1.807, 2.05) is 19.1 Å². The molecule has 0 unspecified atom stereocenters. The first-order valence-corrected chi connectivity index (χ1v) is 10.7. The summed E-state index contributed by atoms with van der Waals surface area (Å²) in [5.74, 6) is -0.112. The van der Waals surface area contributed by atoms with Crippen LogP contribution < -0.4 is 15.0 Å². The van der Waals surface area contributed by atoms with Crippen molar-refractivity contribution in [3.05, 3.63) is 94.1 Å². The van der Waals surface area contributed by atoms with Crippen LogP contribution in [0.4, 0.5) is 11.4 Å². The molecule has 0 spiro atoms. The van der Waals surface area contributed by atoms with Gasteiger partial charge in [-0.05, 0) is 72.5 Å². The van der Waals surface area contributed by atoms with Gasteiger partial charge in [-0.1, -0.05) is 42.8 Å². The minimum Gasteiger partial charge on any atom is -0.497 e. The Labute approximate surface area is 192 Å². The Kier molecular flexibility index (Phi) is 6.01. The molecule has 0 bridgehead atoms. The topological polar surface area (TPSA) is 58.6 Å². The summed E-state index contributed by atoms with van der Waals surface area (Å²) < 4.78 is 5.23. The van der Waals surface area contributed by atoms with Gasteiger partial charge in [0.1, 0.15) is 11.4 Å². The lowest BCUT2D eigenvalue weighted by molar-refractivity contribution is -0.120. The molecule has 32 heavy (non-hydrogen) atoms. The van der Waals surface area contributed by atoms with E-state index in [2.05, 4.69) is 12.2 Å². The van der Waals surface area contributed by atoms with Crippen molar-refractivity contribution in [3.63, 3.8) is 0 Å². The molecule has 6 heteroatoms. The second-order valence-electron chi connectivity index (χ2n) is 7.53. The third-order valence-electron chi connectivity index (χ3n) is 5.51. The average molecular weight is 447 g/mol. The van der Waals surface area contributed by atoms with E-state index in [0.717, 1.165) is 17.5 Å². The van der Waals surface area contributed by atoms with Crippen LogP contribution in [0.1, 0.15) is 23.6 Å². The molecule has 162 valence electrons. The number of hydrogen-bond donors (Lipinski definition) is 1. The number of halogens is 1. The van der Waals surface area contributed by atoms with Gasteiger partial charge in [0.05, 0.1) is 18.4 Å². The molecule has 1 heterocycles. The van der Waals surface area contributed by atoms with E-state index in [1.165, 1.54) is 4.90 Å². The summed E-state index contributed by atoms with van der Waals surface area (Å²) in [4.78, 5) is 28.2. The number of amides is 2. The second kappa shape index (κ2) is 8.89. The highest BCUT2D eigenvalue weighted by molar-refractivity contribution is 6.46. The van der Waals surface area contributed by atoms with Gasteiger partial charge >= 0.3 is 0 Å². The average Bonchev–Trinajstić information content (AvgIpc) is 3.05. The first kappa shape index (κ1) is 21.7. The van der Waals surface area contributed by atoms with Crippen molar-refractivity contribution >= 4 is 40.4 Å². The molecular weight excluding hydrogens is 424 g/mol. The number of ether oxygens (including phenoxy) is 1. The lowest BCUT2D eigenvalue weighted by atomic mass is 10.0. The summed E-state index contributed by atoms with van der Waals surface area (Å²) in [5.41, 5.74) is 4.41. The predicted octanol–water partition coefficient (Wildman–Crippen LogP) is 5.62. The largest absolute Gasteiger partial charge is 0.497 e. The van der Waals surface area contributed by atoms with E-state index < -0.39 is 5.91 Å². The zero-order valence-corrected chi connectivity index (χ0v) is 18.9. The zero-order valence-electron chi connectivity index (χ0n) is 18.1. The fourth-order valence-electron chi connectivity index (χ4n) is 3.69. The van der Waals surface area contributed by atoms with Gasteiger partial charge in [0.2, 0.25) is 0 Å². The van der Waals surface area contributed by atoms with Crippen molar-refractivity contribution in [1.29, 1.82) is 0 Å². The molecule has 0 fully saturated rings. The fourth-order valence-corrected chi connectivity index (χ4v) is 3.92. The van der Waals surface area contributed by atoms with Crippen LogP contribution in [0.3, 0.4) is 0 Å². The fraction of sp³-hybridized carbons (Fsp3) is 0.154. The molecule has 0 aliphatic carbocycles. The Morgan fingerprint density at radius 2 is 1.62 bits per heavy atom. The van der Waals surface area contributed by atoms with Crippen LogP contribution in [0, 0.1) is 6.92 Å². The van der Waals surface area contributed by atoms with E-state index in [9.17, 15) is 9.59 Å². The summed E-state index contributed by atoms with van der Waals surface area (Å²) in [6.45, 7) is 3.95. The van der Waals surface area contributed by atoms with Crippen molar-refractivity contribution in [3.8, 4) is 5.75 Å². The van der Waals surface area contributed by atoms with E-state index in [-0.39, 0.29) is 11.6 Å². The highest BCUT2D eigenvalue weighted by Gasteiger charge is 2.40. The van der Waals surface area contributed by atoms with Crippen molar-refractivity contribution in [2.45, 2.75) is 20.3 Å². The first-order chi connectivity index (χ1) is 15.4. The highest BCUT2D eigenvalue weighted by atomic mass is 35.5. The summed E-state index contributed by atoms with van der Waals surface area (Å²) >= 11 is 6.09. The van der Waals surface area contributed by atoms with Crippen LogP contribution >= 0.6 is 11.6 Å². The summed E-state index contributed by atoms with van der Waals surface area (Å²) in [7, 11) is 1.58. The van der Waals surface area contributed by atoms with E-state index in [4.69, 9.17) is 16.3 Å². The molecular formula is C26H23ClN2O3. The Balaban J connectivity index is 1.80. The van der Waals surface area contributed by atoms with Gasteiger partial charge in [0, 0.05) is 10.7 Å². The smallest absolute Gasteiger partial charge is 0.282 e. The van der Waals surface area contributed by atoms with Crippen molar-refractivity contribution < 1.29 is 14.3 Å². The number of anilines is 2. The number of imide groups is 1. The number of rotatable bonds is 6. The molecule has 1 aliphatic rings. The monoisotopic (exact) mass is 446 g/mol. The molecule has 0 saturated carbocycles. The van der Waals surface area contributed by atoms with Gasteiger partial charge in [0.15, 0.2) is 0 Å². The molecule has 2 amide bonds. The molecule has 0 radical (unpaired) electrons. The third-order valence-corrected chi connectivity index (χ3v) is 5.75. The van der Waals surface area contributed by atoms with Crippen LogP contribution in [-0.2, 0) is 16.0 Å². The number of methoxy groups -OCH3 is 1. The maximum atomic E-state index is 13.5. The van der Waals surface area contributed by atoms with Gasteiger partial charge in [-0.15, -0.1) is 0 Å². The van der Waals surface area contributed by atoms with Crippen LogP contribution in [0.2, 0.25) is 5.02 Å². The Hall–Kier alpha value is -3.57. The Bertz CT molecular complexity index is 1210. The van der Waals surface area contributed by atoms with Crippen LogP contribution in [0.25, 0.3) is 5.57 Å². The normalized spacial score (nSPS) is 13.7. The van der Waals surface area contributed by atoms with Gasteiger partial charge in [-0.25, -0.2) is 4.90 Å². The maximum Gasteiger partial charge on any atom is 0.282 e. The van der Waals surface area contributed by atoms with Gasteiger partial charge in [0.25, 0.3) is 11.8 Å². The molecule has 1 aliphatic heterocycles. The van der Waals surface area contributed by atoms with Crippen molar-refractivity contribution in [1.82, 2.24) is 0 Å².